The molecule has 2 amide bonds. The van der Waals surface area contributed by atoms with Gasteiger partial charge in [0.25, 0.3) is 5.91 Å². The second kappa shape index (κ2) is 7.91. The average molecular weight is 361 g/mol. The fraction of sp³-hybridized carbons (Fsp3) is 0.500. The zero-order valence-electron chi connectivity index (χ0n) is 14.4. The second-order valence-electron chi connectivity index (χ2n) is 6.27. The normalized spacial score (nSPS) is 18.8. The van der Waals surface area contributed by atoms with E-state index in [1.54, 1.807) is 11.8 Å². The minimum atomic E-state index is -0.730. The van der Waals surface area contributed by atoms with Gasteiger partial charge in [0.2, 0.25) is 5.91 Å². The number of benzene rings is 1. The van der Waals surface area contributed by atoms with Crippen molar-refractivity contribution in [2.45, 2.75) is 24.8 Å². The van der Waals surface area contributed by atoms with Crippen molar-refractivity contribution in [1.29, 1.82) is 0 Å². The van der Waals surface area contributed by atoms with Gasteiger partial charge in [0.1, 0.15) is 23.7 Å². The Morgan fingerprint density at radius 1 is 1.32 bits per heavy atom. The number of likely N-dealkylation sites (tertiary alicyclic amines) is 1. The first-order valence-electron chi connectivity index (χ1n) is 8.48. The molecule has 0 atom stereocenters. The maximum absolute atomic E-state index is 12.4. The Hall–Kier alpha value is -2.02. The molecule has 0 aromatic heterocycles. The monoisotopic (exact) mass is 361 g/mol. The van der Waals surface area contributed by atoms with Crippen molar-refractivity contribution < 1.29 is 14.3 Å². The Balaban J connectivity index is 1.56. The molecule has 6 nitrogen and oxygen atoms in total. The minimum Gasteiger partial charge on any atom is -0.486 e. The van der Waals surface area contributed by atoms with E-state index in [4.69, 9.17) is 4.74 Å². The van der Waals surface area contributed by atoms with Gasteiger partial charge >= 0.3 is 0 Å². The number of piperidine rings is 1. The Bertz CT molecular complexity index is 655. The van der Waals surface area contributed by atoms with E-state index in [9.17, 15) is 9.59 Å². The Kier molecular flexibility index (Phi) is 5.63. The van der Waals surface area contributed by atoms with Gasteiger partial charge in [-0.2, -0.15) is 11.8 Å². The molecular weight excluding hydrogens is 338 g/mol. The lowest BCUT2D eigenvalue weighted by Gasteiger charge is -2.35. The molecule has 25 heavy (non-hydrogen) atoms. The number of thioether (sulfide) groups is 1. The molecule has 7 heteroatoms. The molecule has 0 saturated carbocycles. The fourth-order valence-electron chi connectivity index (χ4n) is 3.13. The summed E-state index contributed by atoms with van der Waals surface area (Å²) >= 11 is 1.67. The summed E-state index contributed by atoms with van der Waals surface area (Å²) in [5.41, 5.74) is -0.730. The standard InChI is InChI=1S/C18H23N3O3S/c1-25-12-7-16(22)21-10-8-18(9-11-21)17(23)19-15(20-18)13-24-14-5-3-2-4-6-14/h2-6H,7-13H2,1H3,(H,19,20,23). The van der Waals surface area contributed by atoms with Crippen LogP contribution in [0.3, 0.4) is 0 Å². The van der Waals surface area contributed by atoms with Crippen molar-refractivity contribution in [1.82, 2.24) is 10.2 Å². The highest BCUT2D eigenvalue weighted by molar-refractivity contribution is 7.98. The van der Waals surface area contributed by atoms with E-state index in [2.05, 4.69) is 10.3 Å². The molecule has 0 radical (unpaired) electrons. The van der Waals surface area contributed by atoms with Crippen molar-refractivity contribution in [2.75, 3.05) is 31.7 Å². The molecule has 134 valence electrons. The summed E-state index contributed by atoms with van der Waals surface area (Å²) in [5.74, 6) is 2.24. The van der Waals surface area contributed by atoms with Crippen molar-refractivity contribution in [3.8, 4) is 5.75 Å². The molecule has 0 unspecified atom stereocenters. The quantitative estimate of drug-likeness (QED) is 0.837. The summed E-state index contributed by atoms with van der Waals surface area (Å²) in [5, 5.41) is 2.84. The topological polar surface area (TPSA) is 71.0 Å². The van der Waals surface area contributed by atoms with Crippen molar-refractivity contribution >= 4 is 29.4 Å². The van der Waals surface area contributed by atoms with E-state index in [0.717, 1.165) is 11.5 Å². The van der Waals surface area contributed by atoms with Gasteiger partial charge in [-0.1, -0.05) is 18.2 Å². The van der Waals surface area contributed by atoms with E-state index < -0.39 is 5.54 Å². The maximum Gasteiger partial charge on any atom is 0.253 e. The summed E-state index contributed by atoms with van der Waals surface area (Å²) in [6, 6.07) is 9.45. The van der Waals surface area contributed by atoms with Gasteiger partial charge in [-0.15, -0.1) is 0 Å². The van der Waals surface area contributed by atoms with Gasteiger partial charge < -0.3 is 15.0 Å². The molecule has 2 aliphatic rings. The molecule has 2 aliphatic heterocycles. The second-order valence-corrected chi connectivity index (χ2v) is 7.26. The number of hydrogen-bond acceptors (Lipinski definition) is 5. The van der Waals surface area contributed by atoms with Crippen LogP contribution >= 0.6 is 11.8 Å². The third-order valence-corrected chi connectivity index (χ3v) is 5.22. The van der Waals surface area contributed by atoms with E-state index in [1.165, 1.54) is 0 Å². The molecule has 1 fully saturated rings. The minimum absolute atomic E-state index is 0.0737. The average Bonchev–Trinajstić information content (AvgIpc) is 2.95. The number of amides is 2. The van der Waals surface area contributed by atoms with Gasteiger partial charge in [0.15, 0.2) is 0 Å². The molecule has 1 aromatic carbocycles. The molecule has 3 rings (SSSR count). The summed E-state index contributed by atoms with van der Waals surface area (Å²) in [7, 11) is 0. The van der Waals surface area contributed by atoms with Crippen LogP contribution in [0, 0.1) is 0 Å². The SMILES string of the molecule is CSCCC(=O)N1CCC2(CC1)N=C(COc1ccccc1)NC2=O. The first kappa shape index (κ1) is 17.8. The Labute approximate surface area is 152 Å². The Morgan fingerprint density at radius 2 is 2.04 bits per heavy atom. The van der Waals surface area contributed by atoms with E-state index in [1.807, 2.05) is 41.5 Å². The smallest absolute Gasteiger partial charge is 0.253 e. The van der Waals surface area contributed by atoms with Crippen LogP contribution in [0.1, 0.15) is 19.3 Å². The first-order chi connectivity index (χ1) is 12.1. The number of ether oxygens (including phenoxy) is 1. The van der Waals surface area contributed by atoms with E-state index in [0.29, 0.717) is 38.2 Å². The number of nitrogens with zero attached hydrogens (tertiary/aromatic N) is 2. The number of nitrogens with one attached hydrogen (secondary N) is 1. The number of hydrogen-bond donors (Lipinski definition) is 1. The summed E-state index contributed by atoms with van der Waals surface area (Å²) < 4.78 is 5.66. The maximum atomic E-state index is 12.4. The summed E-state index contributed by atoms with van der Waals surface area (Å²) in [6.07, 6.45) is 3.69. The molecule has 1 aromatic rings. The van der Waals surface area contributed by atoms with Crippen LogP contribution in [0.15, 0.2) is 35.3 Å². The summed E-state index contributed by atoms with van der Waals surface area (Å²) in [4.78, 5) is 31.0. The highest BCUT2D eigenvalue weighted by atomic mass is 32.2. The molecule has 1 spiro atoms. The number of rotatable bonds is 6. The van der Waals surface area contributed by atoms with Gasteiger partial charge in [0.05, 0.1) is 0 Å². The number of aliphatic imine (C=N–C) groups is 1. The number of amidine groups is 1. The van der Waals surface area contributed by atoms with Crippen molar-refractivity contribution in [3.63, 3.8) is 0 Å². The van der Waals surface area contributed by atoms with Gasteiger partial charge in [0, 0.05) is 25.3 Å². The van der Waals surface area contributed by atoms with Crippen molar-refractivity contribution in [3.05, 3.63) is 30.3 Å². The number of para-hydroxylation sites is 1. The zero-order chi connectivity index (χ0) is 17.7. The highest BCUT2D eigenvalue weighted by Gasteiger charge is 2.46. The molecule has 0 aliphatic carbocycles. The third-order valence-electron chi connectivity index (χ3n) is 4.61. The van der Waals surface area contributed by atoms with Crippen LogP contribution in [0.25, 0.3) is 0 Å². The lowest BCUT2D eigenvalue weighted by Crippen LogP contribution is -2.50. The van der Waals surface area contributed by atoms with E-state index >= 15 is 0 Å². The van der Waals surface area contributed by atoms with Gasteiger partial charge in [-0.25, -0.2) is 0 Å². The summed E-state index contributed by atoms with van der Waals surface area (Å²) in [6.45, 7) is 1.40. The lowest BCUT2D eigenvalue weighted by molar-refractivity contribution is -0.135. The van der Waals surface area contributed by atoms with Gasteiger partial charge in [-0.05, 0) is 31.2 Å². The fourth-order valence-corrected chi connectivity index (χ4v) is 3.51. The molecule has 1 saturated heterocycles. The molecule has 1 N–H and O–H groups in total. The Morgan fingerprint density at radius 3 is 2.72 bits per heavy atom. The molecule has 0 bridgehead atoms. The lowest BCUT2D eigenvalue weighted by atomic mass is 9.88. The first-order valence-corrected chi connectivity index (χ1v) is 9.87. The van der Waals surface area contributed by atoms with E-state index in [-0.39, 0.29) is 18.4 Å². The van der Waals surface area contributed by atoms with Crippen LogP contribution < -0.4 is 10.1 Å². The van der Waals surface area contributed by atoms with Crippen LogP contribution in [-0.4, -0.2) is 59.8 Å². The van der Waals surface area contributed by atoms with Gasteiger partial charge in [-0.3, -0.25) is 14.6 Å². The largest absolute Gasteiger partial charge is 0.486 e. The third kappa shape index (κ3) is 4.15. The predicted molar refractivity (Wildman–Crippen MR) is 99.1 cm³/mol. The molecular formula is C18H23N3O3S. The van der Waals surface area contributed by atoms with Crippen LogP contribution in [0.5, 0.6) is 5.75 Å². The van der Waals surface area contributed by atoms with Crippen LogP contribution in [-0.2, 0) is 9.59 Å². The highest BCUT2D eigenvalue weighted by Crippen LogP contribution is 2.30. The molecule has 2 heterocycles. The van der Waals surface area contributed by atoms with Crippen molar-refractivity contribution in [2.24, 2.45) is 4.99 Å². The number of carbonyl (C=O) groups is 2. The number of carbonyl (C=O) groups excluding carboxylic acids is 2. The predicted octanol–water partition coefficient (Wildman–Crippen LogP) is 1.71. The van der Waals surface area contributed by atoms with Crippen LogP contribution in [0.4, 0.5) is 0 Å². The van der Waals surface area contributed by atoms with Crippen LogP contribution in [0.2, 0.25) is 0 Å². The zero-order valence-corrected chi connectivity index (χ0v) is 15.2.